The van der Waals surface area contributed by atoms with E-state index in [0.29, 0.717) is 0 Å². The zero-order valence-corrected chi connectivity index (χ0v) is 11.1. The molecule has 0 saturated carbocycles. The fraction of sp³-hybridized carbons (Fsp3) is 0.385. The first-order valence-corrected chi connectivity index (χ1v) is 8.35. The highest BCUT2D eigenvalue weighted by Gasteiger charge is 2.23. The lowest BCUT2D eigenvalue weighted by Gasteiger charge is -2.23. The molecule has 0 saturated heterocycles. The second-order valence-corrected chi connectivity index (χ2v) is 8.28. The van der Waals surface area contributed by atoms with Crippen molar-refractivity contribution in [2.24, 2.45) is 0 Å². The summed E-state index contributed by atoms with van der Waals surface area (Å²) in [6.45, 7) is 9.52. The van der Waals surface area contributed by atoms with E-state index in [0.717, 1.165) is 6.61 Å². The SMILES string of the molecule is CCO[Si](C)(C)/C(C)=C/c1ccccc1. The third-order valence-corrected chi connectivity index (χ3v) is 5.69. The Labute approximate surface area is 93.9 Å². The van der Waals surface area contributed by atoms with E-state index < -0.39 is 8.32 Å². The van der Waals surface area contributed by atoms with E-state index in [1.807, 2.05) is 6.07 Å². The second-order valence-electron chi connectivity index (χ2n) is 4.18. The van der Waals surface area contributed by atoms with E-state index in [9.17, 15) is 0 Å². The Morgan fingerprint density at radius 1 is 1.27 bits per heavy atom. The first kappa shape index (κ1) is 12.2. The third-order valence-electron chi connectivity index (χ3n) is 2.64. The van der Waals surface area contributed by atoms with Gasteiger partial charge in [-0.05, 0) is 32.5 Å². The van der Waals surface area contributed by atoms with E-state index in [1.54, 1.807) is 0 Å². The molecule has 0 amide bonds. The monoisotopic (exact) mass is 220 g/mol. The summed E-state index contributed by atoms with van der Waals surface area (Å²) >= 11 is 0. The van der Waals surface area contributed by atoms with Crippen LogP contribution in [0.5, 0.6) is 0 Å². The van der Waals surface area contributed by atoms with E-state index >= 15 is 0 Å². The minimum Gasteiger partial charge on any atom is -0.414 e. The van der Waals surface area contributed by atoms with Crippen LogP contribution < -0.4 is 0 Å². The summed E-state index contributed by atoms with van der Waals surface area (Å²) in [5.41, 5.74) is 1.26. The van der Waals surface area contributed by atoms with Crippen molar-refractivity contribution in [1.82, 2.24) is 0 Å². The predicted octanol–water partition coefficient (Wildman–Crippen LogP) is 3.87. The first-order chi connectivity index (χ1) is 7.06. The number of benzene rings is 1. The topological polar surface area (TPSA) is 9.23 Å². The Morgan fingerprint density at radius 3 is 2.40 bits per heavy atom. The van der Waals surface area contributed by atoms with Gasteiger partial charge in [-0.3, -0.25) is 0 Å². The summed E-state index contributed by atoms with van der Waals surface area (Å²) in [4.78, 5) is 0. The minimum absolute atomic E-state index is 0.805. The van der Waals surface area contributed by atoms with E-state index in [4.69, 9.17) is 4.43 Å². The van der Waals surface area contributed by atoms with E-state index in [2.05, 4.69) is 57.3 Å². The van der Waals surface area contributed by atoms with Crippen LogP contribution in [-0.4, -0.2) is 14.9 Å². The van der Waals surface area contributed by atoms with Gasteiger partial charge in [-0.1, -0.05) is 41.6 Å². The molecule has 0 unspecified atom stereocenters. The molecule has 1 rings (SSSR count). The van der Waals surface area contributed by atoms with Crippen molar-refractivity contribution in [2.45, 2.75) is 26.9 Å². The summed E-state index contributed by atoms with van der Waals surface area (Å²) in [6, 6.07) is 10.4. The standard InChI is InChI=1S/C13H20OSi/c1-5-14-15(3,4)12(2)11-13-9-7-6-8-10-13/h6-11H,5H2,1-4H3/b12-11+. The fourth-order valence-electron chi connectivity index (χ4n) is 1.45. The van der Waals surface area contributed by atoms with Gasteiger partial charge in [0.25, 0.3) is 0 Å². The van der Waals surface area contributed by atoms with Crippen molar-refractivity contribution in [2.75, 3.05) is 6.61 Å². The summed E-state index contributed by atoms with van der Waals surface area (Å²) < 4.78 is 5.83. The Bertz CT molecular complexity index is 328. The van der Waals surface area contributed by atoms with Crippen molar-refractivity contribution < 1.29 is 4.43 Å². The number of hydrogen-bond donors (Lipinski definition) is 0. The van der Waals surface area contributed by atoms with Crippen molar-refractivity contribution in [3.63, 3.8) is 0 Å². The first-order valence-electron chi connectivity index (χ1n) is 5.44. The van der Waals surface area contributed by atoms with Crippen LogP contribution in [0.3, 0.4) is 0 Å². The van der Waals surface area contributed by atoms with Gasteiger partial charge in [0.1, 0.15) is 0 Å². The molecule has 0 heterocycles. The zero-order valence-electron chi connectivity index (χ0n) is 10.1. The molecule has 0 aliphatic rings. The van der Waals surface area contributed by atoms with E-state index in [1.165, 1.54) is 10.8 Å². The summed E-state index contributed by atoms with van der Waals surface area (Å²) in [7, 11) is -1.63. The number of hydrogen-bond acceptors (Lipinski definition) is 1. The Balaban J connectivity index is 2.84. The lowest BCUT2D eigenvalue weighted by atomic mass is 10.2. The van der Waals surface area contributed by atoms with E-state index in [-0.39, 0.29) is 0 Å². The smallest absolute Gasteiger partial charge is 0.213 e. The number of rotatable bonds is 4. The molecular weight excluding hydrogens is 200 g/mol. The van der Waals surface area contributed by atoms with Crippen LogP contribution in [0.1, 0.15) is 19.4 Å². The predicted molar refractivity (Wildman–Crippen MR) is 69.2 cm³/mol. The molecule has 0 aliphatic heterocycles. The van der Waals surface area contributed by atoms with Crippen molar-refractivity contribution >= 4 is 14.4 Å². The summed E-state index contributed by atoms with van der Waals surface area (Å²) in [6.07, 6.45) is 2.24. The molecule has 2 heteroatoms. The van der Waals surface area contributed by atoms with Gasteiger partial charge in [-0.15, -0.1) is 0 Å². The van der Waals surface area contributed by atoms with Gasteiger partial charge in [0.05, 0.1) is 0 Å². The highest BCUT2D eigenvalue weighted by atomic mass is 28.4. The average molecular weight is 220 g/mol. The summed E-state index contributed by atoms with van der Waals surface area (Å²) in [5.74, 6) is 0. The molecule has 0 fully saturated rings. The molecule has 0 aliphatic carbocycles. The van der Waals surface area contributed by atoms with Crippen LogP contribution in [0.4, 0.5) is 0 Å². The molecule has 1 nitrogen and oxygen atoms in total. The van der Waals surface area contributed by atoms with Crippen LogP contribution in [0, 0.1) is 0 Å². The maximum atomic E-state index is 5.83. The molecule has 1 aromatic rings. The van der Waals surface area contributed by atoms with Gasteiger partial charge in [0.15, 0.2) is 0 Å². The quantitative estimate of drug-likeness (QED) is 0.700. The maximum absolute atomic E-state index is 5.83. The van der Waals surface area contributed by atoms with Crippen LogP contribution >= 0.6 is 0 Å². The molecule has 0 N–H and O–H groups in total. The van der Waals surface area contributed by atoms with Crippen LogP contribution in [-0.2, 0) is 4.43 Å². The highest BCUT2D eigenvalue weighted by molar-refractivity contribution is 6.79. The largest absolute Gasteiger partial charge is 0.414 e. The third kappa shape index (κ3) is 3.65. The molecular formula is C13H20OSi. The Hall–Kier alpha value is -0.863. The molecule has 0 atom stereocenters. The summed E-state index contributed by atoms with van der Waals surface area (Å²) in [5, 5.41) is 1.38. The zero-order chi connectivity index (χ0) is 11.3. The average Bonchev–Trinajstić information content (AvgIpc) is 2.19. The molecule has 1 aromatic carbocycles. The lowest BCUT2D eigenvalue weighted by Crippen LogP contribution is -2.32. The molecule has 0 bridgehead atoms. The second kappa shape index (κ2) is 5.28. The van der Waals surface area contributed by atoms with Gasteiger partial charge in [-0.2, -0.15) is 0 Å². The van der Waals surface area contributed by atoms with Gasteiger partial charge in [-0.25, -0.2) is 0 Å². The van der Waals surface area contributed by atoms with Gasteiger partial charge in [0, 0.05) is 6.61 Å². The van der Waals surface area contributed by atoms with Crippen LogP contribution in [0.15, 0.2) is 35.5 Å². The normalized spacial score (nSPS) is 12.9. The Kier molecular flexibility index (Phi) is 4.30. The van der Waals surface area contributed by atoms with Crippen molar-refractivity contribution in [3.8, 4) is 0 Å². The molecule has 0 aromatic heterocycles. The van der Waals surface area contributed by atoms with Gasteiger partial charge < -0.3 is 4.43 Å². The minimum atomic E-state index is -1.63. The number of allylic oxidation sites excluding steroid dienone is 1. The van der Waals surface area contributed by atoms with Gasteiger partial charge in [0.2, 0.25) is 8.32 Å². The fourth-order valence-corrected chi connectivity index (χ4v) is 2.91. The molecule has 0 radical (unpaired) electrons. The van der Waals surface area contributed by atoms with Gasteiger partial charge >= 0.3 is 0 Å². The highest BCUT2D eigenvalue weighted by Crippen LogP contribution is 2.18. The van der Waals surface area contributed by atoms with Crippen LogP contribution in [0.2, 0.25) is 13.1 Å². The lowest BCUT2D eigenvalue weighted by molar-refractivity contribution is 0.336. The molecule has 0 spiro atoms. The van der Waals surface area contributed by atoms with Crippen LogP contribution in [0.25, 0.3) is 6.08 Å². The van der Waals surface area contributed by atoms with Crippen molar-refractivity contribution in [3.05, 3.63) is 41.1 Å². The Morgan fingerprint density at radius 2 is 1.87 bits per heavy atom. The molecule has 82 valence electrons. The molecule has 15 heavy (non-hydrogen) atoms. The maximum Gasteiger partial charge on any atom is 0.213 e. The van der Waals surface area contributed by atoms with Crippen molar-refractivity contribution in [1.29, 1.82) is 0 Å².